The van der Waals surface area contributed by atoms with Gasteiger partial charge in [-0.2, -0.15) is 0 Å². The largest absolute Gasteiger partial charge is 0.399 e. The molecule has 0 fully saturated rings. The van der Waals surface area contributed by atoms with Gasteiger partial charge in [0.2, 0.25) is 0 Å². The second kappa shape index (κ2) is 7.43. The Morgan fingerprint density at radius 3 is 2.53 bits per heavy atom. The van der Waals surface area contributed by atoms with Crippen molar-refractivity contribution in [2.24, 2.45) is 5.16 Å². The van der Waals surface area contributed by atoms with E-state index >= 15 is 0 Å². The number of nitrogens with one attached hydrogen (secondary N) is 1. The van der Waals surface area contributed by atoms with Gasteiger partial charge in [0.25, 0.3) is 5.91 Å². The van der Waals surface area contributed by atoms with Crippen molar-refractivity contribution in [2.45, 2.75) is 0 Å². The van der Waals surface area contributed by atoms with E-state index in [4.69, 9.17) is 11.6 Å². The molecule has 0 aromatic heterocycles. The van der Waals surface area contributed by atoms with Crippen molar-refractivity contribution in [2.75, 3.05) is 26.5 Å². The van der Waals surface area contributed by atoms with Gasteiger partial charge in [0.15, 0.2) is 0 Å². The van der Waals surface area contributed by atoms with Gasteiger partial charge < -0.3 is 15.1 Å². The molecular weight excluding hydrogens is 266 g/mol. The molecule has 0 bridgehead atoms. The lowest BCUT2D eigenvalue weighted by Gasteiger charge is -2.09. The van der Waals surface area contributed by atoms with Gasteiger partial charge >= 0.3 is 0 Å². The minimum absolute atomic E-state index is 0.281. The zero-order chi connectivity index (χ0) is 14.3. The maximum atomic E-state index is 12.1. The van der Waals surface area contributed by atoms with Crippen molar-refractivity contribution in [1.82, 2.24) is 4.90 Å². The van der Waals surface area contributed by atoms with E-state index in [0.29, 0.717) is 16.3 Å². The number of carbonyl (C=O) groups excluding carboxylic acids is 1. The first-order valence-electron chi connectivity index (χ1n) is 5.54. The third-order valence-corrected chi connectivity index (χ3v) is 2.31. The minimum atomic E-state index is -0.281. The van der Waals surface area contributed by atoms with E-state index in [1.807, 2.05) is 14.1 Å². The molecule has 1 aromatic rings. The van der Waals surface area contributed by atoms with E-state index in [9.17, 15) is 4.79 Å². The molecule has 0 saturated carbocycles. The van der Waals surface area contributed by atoms with E-state index < -0.39 is 0 Å². The summed E-state index contributed by atoms with van der Waals surface area (Å²) in [6.45, 7) is 0. The summed E-state index contributed by atoms with van der Waals surface area (Å²) in [5, 5.41) is 6.96. The van der Waals surface area contributed by atoms with Crippen molar-refractivity contribution in [3.05, 3.63) is 41.1 Å². The number of amides is 1. The van der Waals surface area contributed by atoms with Gasteiger partial charge in [-0.3, -0.25) is 4.79 Å². The number of carbonyl (C=O) groups is 1. The average molecular weight is 282 g/mol. The Labute approximate surface area is 117 Å². The first-order valence-corrected chi connectivity index (χ1v) is 5.92. The van der Waals surface area contributed by atoms with Crippen LogP contribution in [0.15, 0.2) is 41.2 Å². The van der Waals surface area contributed by atoms with Gasteiger partial charge in [-0.1, -0.05) is 16.8 Å². The standard InChI is InChI=1S/C13H16ClN3O2/c1-17(2)9-10(8-15-19-3)13(18)16-12-6-4-11(14)5-7-12/h4-9H,1-3H3,(H,16,18)/b10-9?,15-8-. The summed E-state index contributed by atoms with van der Waals surface area (Å²) in [5.41, 5.74) is 1.03. The Kier molecular flexibility index (Phi) is 5.89. The molecule has 102 valence electrons. The number of oxime groups is 1. The highest BCUT2D eigenvalue weighted by Crippen LogP contribution is 2.14. The van der Waals surface area contributed by atoms with Crippen molar-refractivity contribution < 1.29 is 9.63 Å². The molecule has 1 aromatic carbocycles. The molecule has 0 unspecified atom stereocenters. The second-order valence-electron chi connectivity index (χ2n) is 3.93. The Morgan fingerprint density at radius 2 is 2.00 bits per heavy atom. The van der Waals surface area contributed by atoms with E-state index in [1.165, 1.54) is 13.3 Å². The molecule has 6 heteroatoms. The molecule has 1 rings (SSSR count). The van der Waals surface area contributed by atoms with Gasteiger partial charge in [-0.25, -0.2) is 0 Å². The number of rotatable bonds is 5. The molecule has 1 amide bonds. The topological polar surface area (TPSA) is 53.9 Å². The first kappa shape index (κ1) is 15.0. The molecular formula is C13H16ClN3O2. The summed E-state index contributed by atoms with van der Waals surface area (Å²) in [7, 11) is 5.05. The first-order chi connectivity index (χ1) is 9.02. The van der Waals surface area contributed by atoms with Crippen LogP contribution in [0.3, 0.4) is 0 Å². The number of halogens is 1. The normalized spacial score (nSPS) is 11.5. The van der Waals surface area contributed by atoms with Crippen molar-refractivity contribution in [3.8, 4) is 0 Å². The van der Waals surface area contributed by atoms with Crippen LogP contribution in [-0.2, 0) is 9.63 Å². The minimum Gasteiger partial charge on any atom is -0.399 e. The van der Waals surface area contributed by atoms with Crippen LogP contribution in [0.25, 0.3) is 0 Å². The summed E-state index contributed by atoms with van der Waals surface area (Å²) in [4.78, 5) is 18.4. The smallest absolute Gasteiger partial charge is 0.258 e. The third kappa shape index (κ3) is 5.44. The summed E-state index contributed by atoms with van der Waals surface area (Å²) >= 11 is 5.78. The van der Waals surface area contributed by atoms with Crippen molar-refractivity contribution >= 4 is 29.4 Å². The van der Waals surface area contributed by atoms with Crippen LogP contribution in [0.2, 0.25) is 5.02 Å². The quantitative estimate of drug-likeness (QED) is 0.512. The Hall–Kier alpha value is -2.01. The van der Waals surface area contributed by atoms with Crippen molar-refractivity contribution in [1.29, 1.82) is 0 Å². The van der Waals surface area contributed by atoms with E-state index in [1.54, 1.807) is 35.4 Å². The van der Waals surface area contributed by atoms with Gasteiger partial charge in [0.05, 0.1) is 11.8 Å². The maximum Gasteiger partial charge on any atom is 0.258 e. The van der Waals surface area contributed by atoms with E-state index in [2.05, 4.69) is 15.3 Å². The molecule has 1 N–H and O–H groups in total. The number of hydrogen-bond acceptors (Lipinski definition) is 4. The van der Waals surface area contributed by atoms with Crippen LogP contribution in [-0.4, -0.2) is 38.2 Å². The molecule has 0 radical (unpaired) electrons. The highest BCUT2D eigenvalue weighted by molar-refractivity contribution is 6.30. The third-order valence-electron chi connectivity index (χ3n) is 2.06. The SMILES string of the molecule is CO/N=C\C(=CN(C)C)C(=O)Nc1ccc(Cl)cc1. The Morgan fingerprint density at radius 1 is 1.37 bits per heavy atom. The molecule has 0 aliphatic rings. The molecule has 19 heavy (non-hydrogen) atoms. The van der Waals surface area contributed by atoms with Gasteiger partial charge in [0, 0.05) is 31.0 Å². The van der Waals surface area contributed by atoms with Crippen LogP contribution in [0.4, 0.5) is 5.69 Å². The maximum absolute atomic E-state index is 12.1. The lowest BCUT2D eigenvalue weighted by molar-refractivity contribution is -0.112. The molecule has 0 aliphatic carbocycles. The number of anilines is 1. The fraction of sp³-hybridized carbons (Fsp3) is 0.231. The van der Waals surface area contributed by atoms with Crippen LogP contribution in [0, 0.1) is 0 Å². The predicted octanol–water partition coefficient (Wildman–Crippen LogP) is 2.36. The summed E-state index contributed by atoms with van der Waals surface area (Å²) < 4.78 is 0. The highest BCUT2D eigenvalue weighted by atomic mass is 35.5. The van der Waals surface area contributed by atoms with Crippen LogP contribution in [0.5, 0.6) is 0 Å². The van der Waals surface area contributed by atoms with Gasteiger partial charge in [-0.15, -0.1) is 0 Å². The van der Waals surface area contributed by atoms with Crippen LogP contribution >= 0.6 is 11.6 Å². The molecule has 0 atom stereocenters. The van der Waals surface area contributed by atoms with E-state index in [0.717, 1.165) is 0 Å². The summed E-state index contributed by atoms with van der Waals surface area (Å²) in [5.74, 6) is -0.281. The number of benzene rings is 1. The fourth-order valence-corrected chi connectivity index (χ4v) is 1.40. The number of hydrogen-bond donors (Lipinski definition) is 1. The van der Waals surface area contributed by atoms with Crippen LogP contribution in [0.1, 0.15) is 0 Å². The second-order valence-corrected chi connectivity index (χ2v) is 4.36. The fourth-order valence-electron chi connectivity index (χ4n) is 1.27. The molecule has 0 saturated heterocycles. The molecule has 0 spiro atoms. The van der Waals surface area contributed by atoms with Gasteiger partial charge in [0.1, 0.15) is 7.11 Å². The molecule has 0 aliphatic heterocycles. The summed E-state index contributed by atoms with van der Waals surface area (Å²) in [6, 6.07) is 6.85. The number of nitrogens with zero attached hydrogens (tertiary/aromatic N) is 2. The average Bonchev–Trinajstić information content (AvgIpc) is 2.36. The van der Waals surface area contributed by atoms with Gasteiger partial charge in [-0.05, 0) is 24.3 Å². The lowest BCUT2D eigenvalue weighted by atomic mass is 10.2. The Bertz CT molecular complexity index is 481. The van der Waals surface area contributed by atoms with E-state index in [-0.39, 0.29) is 5.91 Å². The molecule has 5 nitrogen and oxygen atoms in total. The Balaban J connectivity index is 2.82. The van der Waals surface area contributed by atoms with Crippen molar-refractivity contribution in [3.63, 3.8) is 0 Å². The zero-order valence-corrected chi connectivity index (χ0v) is 11.8. The monoisotopic (exact) mass is 281 g/mol. The summed E-state index contributed by atoms with van der Waals surface area (Å²) in [6.07, 6.45) is 3.00. The highest BCUT2D eigenvalue weighted by Gasteiger charge is 2.08. The van der Waals surface area contributed by atoms with Crippen LogP contribution < -0.4 is 5.32 Å². The lowest BCUT2D eigenvalue weighted by Crippen LogP contribution is -2.18. The molecule has 0 heterocycles. The zero-order valence-electron chi connectivity index (χ0n) is 11.1. The predicted molar refractivity (Wildman–Crippen MR) is 77.4 cm³/mol.